The predicted octanol–water partition coefficient (Wildman–Crippen LogP) is 3.51. The maximum absolute atomic E-state index is 13.5. The van der Waals surface area contributed by atoms with Gasteiger partial charge in [0.1, 0.15) is 4.83 Å². The van der Waals surface area contributed by atoms with Gasteiger partial charge in [-0.05, 0) is 49.8 Å². The minimum Gasteiger partial charge on any atom is -0.396 e. The fourth-order valence-electron chi connectivity index (χ4n) is 3.60. The third-order valence-electron chi connectivity index (χ3n) is 4.87. The van der Waals surface area contributed by atoms with Crippen molar-refractivity contribution in [1.82, 2.24) is 9.55 Å². The van der Waals surface area contributed by atoms with Crippen molar-refractivity contribution in [2.24, 2.45) is 0 Å². The highest BCUT2D eigenvalue weighted by Gasteiger charge is 2.21. The molecule has 6 heteroatoms. The van der Waals surface area contributed by atoms with Crippen LogP contribution in [0.15, 0.2) is 35.1 Å². The van der Waals surface area contributed by atoms with E-state index in [1.165, 1.54) is 23.3 Å². The fraction of sp³-hybridized carbons (Fsp3) is 0.400. The van der Waals surface area contributed by atoms with Crippen molar-refractivity contribution in [3.05, 3.63) is 51.1 Å². The lowest BCUT2D eigenvalue weighted by molar-refractivity contribution is 0.292. The lowest BCUT2D eigenvalue weighted by Crippen LogP contribution is -2.24. The number of para-hydroxylation sites is 1. The summed E-state index contributed by atoms with van der Waals surface area (Å²) in [5, 5.41) is 13.1. The Labute approximate surface area is 156 Å². The smallest absolute Gasteiger partial charge is 0.268 e. The molecule has 4 rings (SSSR count). The monoisotopic (exact) mass is 369 g/mol. The SMILES string of the molecule is O=c1c2c3c(sc2nc(NCCCO)n1-c1ccccc1)CCCCC3. The van der Waals surface area contributed by atoms with Crippen molar-refractivity contribution in [3.8, 4) is 5.69 Å². The second kappa shape index (κ2) is 7.60. The number of benzene rings is 1. The standard InChI is InChI=1S/C20H23N3O2S/c24-13-7-12-21-20-22-18-17(15-10-5-2-6-11-16(15)26-18)19(25)23(20)14-8-3-1-4-9-14/h1,3-4,8-9,24H,2,5-7,10-13H2,(H,21,22). The molecule has 1 aromatic carbocycles. The topological polar surface area (TPSA) is 67.2 Å². The molecule has 0 aliphatic heterocycles. The van der Waals surface area contributed by atoms with Crippen LogP contribution < -0.4 is 10.9 Å². The summed E-state index contributed by atoms with van der Waals surface area (Å²) in [5.41, 5.74) is 2.03. The van der Waals surface area contributed by atoms with E-state index in [-0.39, 0.29) is 12.2 Å². The second-order valence-corrected chi connectivity index (χ2v) is 7.74. The predicted molar refractivity (Wildman–Crippen MR) is 107 cm³/mol. The average Bonchev–Trinajstić information content (AvgIpc) is 2.84. The van der Waals surface area contributed by atoms with Crippen molar-refractivity contribution in [3.63, 3.8) is 0 Å². The first-order valence-corrected chi connectivity index (χ1v) is 10.1. The van der Waals surface area contributed by atoms with Crippen LogP contribution in [-0.4, -0.2) is 27.8 Å². The fourth-order valence-corrected chi connectivity index (χ4v) is 4.85. The number of aliphatic hydroxyl groups is 1. The normalized spacial score (nSPS) is 14.2. The molecule has 0 saturated carbocycles. The second-order valence-electron chi connectivity index (χ2n) is 6.66. The largest absolute Gasteiger partial charge is 0.396 e. The summed E-state index contributed by atoms with van der Waals surface area (Å²) >= 11 is 1.67. The highest BCUT2D eigenvalue weighted by Crippen LogP contribution is 2.34. The van der Waals surface area contributed by atoms with E-state index in [0.29, 0.717) is 18.9 Å². The van der Waals surface area contributed by atoms with Crippen molar-refractivity contribution in [2.75, 3.05) is 18.5 Å². The molecule has 2 aromatic heterocycles. The number of rotatable bonds is 5. The van der Waals surface area contributed by atoms with Gasteiger partial charge in [0.15, 0.2) is 0 Å². The molecule has 1 aliphatic carbocycles. The van der Waals surface area contributed by atoms with Crippen molar-refractivity contribution in [2.45, 2.75) is 38.5 Å². The molecular weight excluding hydrogens is 346 g/mol. The van der Waals surface area contributed by atoms with Gasteiger partial charge >= 0.3 is 0 Å². The lowest BCUT2D eigenvalue weighted by Gasteiger charge is -2.14. The molecule has 3 aromatic rings. The Morgan fingerprint density at radius 2 is 1.96 bits per heavy atom. The number of thiophene rings is 1. The van der Waals surface area contributed by atoms with Crippen LogP contribution in [0.5, 0.6) is 0 Å². The van der Waals surface area contributed by atoms with Gasteiger partial charge in [0.2, 0.25) is 5.95 Å². The number of fused-ring (bicyclic) bond motifs is 3. The van der Waals surface area contributed by atoms with Gasteiger partial charge in [-0.1, -0.05) is 24.6 Å². The van der Waals surface area contributed by atoms with E-state index in [4.69, 9.17) is 10.1 Å². The Morgan fingerprint density at radius 1 is 1.15 bits per heavy atom. The lowest BCUT2D eigenvalue weighted by atomic mass is 10.1. The van der Waals surface area contributed by atoms with Crippen LogP contribution in [0, 0.1) is 0 Å². The number of hydrogen-bond donors (Lipinski definition) is 2. The third-order valence-corrected chi connectivity index (χ3v) is 6.06. The van der Waals surface area contributed by atoms with Crippen LogP contribution in [0.2, 0.25) is 0 Å². The molecule has 5 nitrogen and oxygen atoms in total. The summed E-state index contributed by atoms with van der Waals surface area (Å²) in [6.45, 7) is 0.685. The number of aromatic nitrogens is 2. The highest BCUT2D eigenvalue weighted by atomic mass is 32.1. The molecule has 0 bridgehead atoms. The van der Waals surface area contributed by atoms with Crippen LogP contribution in [-0.2, 0) is 12.8 Å². The Bertz CT molecular complexity index is 963. The first kappa shape index (κ1) is 17.2. The maximum Gasteiger partial charge on any atom is 0.268 e. The van der Waals surface area contributed by atoms with Gasteiger partial charge in [0, 0.05) is 18.0 Å². The molecule has 0 saturated heterocycles. The number of aliphatic hydroxyl groups excluding tert-OH is 1. The molecule has 26 heavy (non-hydrogen) atoms. The minimum absolute atomic E-state index is 0.00657. The van der Waals surface area contributed by atoms with E-state index in [1.54, 1.807) is 15.9 Å². The summed E-state index contributed by atoms with van der Waals surface area (Å²) in [6.07, 6.45) is 6.19. The van der Waals surface area contributed by atoms with Gasteiger partial charge in [0.25, 0.3) is 5.56 Å². The van der Waals surface area contributed by atoms with E-state index in [1.807, 2.05) is 30.3 Å². The highest BCUT2D eigenvalue weighted by molar-refractivity contribution is 7.18. The molecule has 0 unspecified atom stereocenters. The number of nitrogens with zero attached hydrogens (tertiary/aromatic N) is 2. The van der Waals surface area contributed by atoms with Crippen LogP contribution in [0.1, 0.15) is 36.1 Å². The van der Waals surface area contributed by atoms with E-state index in [9.17, 15) is 4.79 Å². The molecule has 0 amide bonds. The number of anilines is 1. The van der Waals surface area contributed by atoms with E-state index in [2.05, 4.69) is 5.32 Å². The van der Waals surface area contributed by atoms with E-state index in [0.717, 1.165) is 35.2 Å². The summed E-state index contributed by atoms with van der Waals surface area (Å²) in [5.74, 6) is 0.554. The van der Waals surface area contributed by atoms with E-state index < -0.39 is 0 Å². The van der Waals surface area contributed by atoms with Crippen molar-refractivity contribution >= 4 is 27.5 Å². The molecule has 1 aliphatic rings. The quantitative estimate of drug-likeness (QED) is 0.533. The van der Waals surface area contributed by atoms with Gasteiger partial charge in [-0.2, -0.15) is 0 Å². The maximum atomic E-state index is 13.5. The van der Waals surface area contributed by atoms with Gasteiger partial charge < -0.3 is 10.4 Å². The zero-order chi connectivity index (χ0) is 17.9. The zero-order valence-electron chi connectivity index (χ0n) is 14.7. The molecule has 2 N–H and O–H groups in total. The molecule has 0 atom stereocenters. The first-order chi connectivity index (χ1) is 12.8. The average molecular weight is 369 g/mol. The van der Waals surface area contributed by atoms with Gasteiger partial charge in [-0.25, -0.2) is 9.55 Å². The summed E-state index contributed by atoms with van der Waals surface area (Å²) in [7, 11) is 0. The molecular formula is C20H23N3O2S. The Balaban J connectivity index is 1.92. The van der Waals surface area contributed by atoms with Crippen LogP contribution in [0.25, 0.3) is 15.9 Å². The summed E-state index contributed by atoms with van der Waals surface area (Å²) in [6, 6.07) is 9.65. The van der Waals surface area contributed by atoms with Crippen molar-refractivity contribution < 1.29 is 5.11 Å². The molecule has 136 valence electrons. The van der Waals surface area contributed by atoms with Crippen LogP contribution >= 0.6 is 11.3 Å². The summed E-state index contributed by atoms with van der Waals surface area (Å²) < 4.78 is 1.68. The number of hydrogen-bond acceptors (Lipinski definition) is 5. The van der Waals surface area contributed by atoms with Gasteiger partial charge in [0.05, 0.1) is 11.1 Å². The van der Waals surface area contributed by atoms with Gasteiger partial charge in [-0.15, -0.1) is 11.3 Å². The number of aryl methyl sites for hydroxylation is 2. The molecule has 0 radical (unpaired) electrons. The van der Waals surface area contributed by atoms with Crippen LogP contribution in [0.3, 0.4) is 0 Å². The van der Waals surface area contributed by atoms with E-state index >= 15 is 0 Å². The molecule has 2 heterocycles. The molecule has 0 fully saturated rings. The minimum atomic E-state index is 0.00657. The Morgan fingerprint density at radius 3 is 2.77 bits per heavy atom. The third kappa shape index (κ3) is 3.15. The summed E-state index contributed by atoms with van der Waals surface area (Å²) in [4.78, 5) is 20.4. The van der Waals surface area contributed by atoms with Crippen LogP contribution in [0.4, 0.5) is 5.95 Å². The zero-order valence-corrected chi connectivity index (χ0v) is 15.5. The Hall–Kier alpha value is -2.18. The van der Waals surface area contributed by atoms with Crippen molar-refractivity contribution in [1.29, 1.82) is 0 Å². The molecule has 0 spiro atoms. The van der Waals surface area contributed by atoms with Gasteiger partial charge in [-0.3, -0.25) is 4.79 Å². The first-order valence-electron chi connectivity index (χ1n) is 9.27. The number of nitrogens with one attached hydrogen (secondary N) is 1. The Kier molecular flexibility index (Phi) is 5.04.